The van der Waals surface area contributed by atoms with Gasteiger partial charge in [0.25, 0.3) is 0 Å². The maximum atomic E-state index is 6.94. The van der Waals surface area contributed by atoms with E-state index in [1.54, 1.807) is 0 Å². The highest BCUT2D eigenvalue weighted by molar-refractivity contribution is 7.26. The summed E-state index contributed by atoms with van der Waals surface area (Å²) in [7, 11) is 0. The van der Waals surface area contributed by atoms with Crippen molar-refractivity contribution in [1.29, 1.82) is 0 Å². The predicted octanol–water partition coefficient (Wildman–Crippen LogP) is 14.0. The molecule has 3 heteroatoms. The molecule has 0 unspecified atom stereocenters. The minimum atomic E-state index is 0.925. The van der Waals surface area contributed by atoms with Crippen molar-refractivity contribution in [3.8, 4) is 22.3 Å². The average Bonchev–Trinajstić information content (AvgIpc) is 3.82. The topological polar surface area (TPSA) is 13.1 Å². The zero-order valence-electron chi connectivity index (χ0n) is 25.1. The van der Waals surface area contributed by atoms with Gasteiger partial charge in [-0.1, -0.05) is 121 Å². The van der Waals surface area contributed by atoms with Gasteiger partial charge >= 0.3 is 0 Å². The van der Waals surface area contributed by atoms with E-state index in [2.05, 4.69) is 146 Å². The first-order valence-electron chi connectivity index (χ1n) is 15.9. The largest absolute Gasteiger partial charge is 0.456 e. The molecule has 0 saturated carbocycles. The van der Waals surface area contributed by atoms with Gasteiger partial charge in [0, 0.05) is 62.2 Å². The summed E-state index contributed by atoms with van der Waals surface area (Å²) in [6.07, 6.45) is 0. The number of rotatable bonds is 2. The average molecular weight is 633 g/mol. The molecular formula is C44H24OS2. The van der Waals surface area contributed by atoms with Crippen molar-refractivity contribution in [1.82, 2.24) is 0 Å². The van der Waals surface area contributed by atoms with Crippen molar-refractivity contribution in [2.45, 2.75) is 0 Å². The van der Waals surface area contributed by atoms with E-state index in [1.165, 1.54) is 94.9 Å². The molecule has 0 spiro atoms. The van der Waals surface area contributed by atoms with Crippen molar-refractivity contribution < 1.29 is 4.42 Å². The van der Waals surface area contributed by atoms with Crippen molar-refractivity contribution in [3.63, 3.8) is 0 Å². The van der Waals surface area contributed by atoms with Gasteiger partial charge < -0.3 is 4.42 Å². The van der Waals surface area contributed by atoms with Crippen molar-refractivity contribution >= 4 is 107 Å². The maximum absolute atomic E-state index is 6.94. The summed E-state index contributed by atoms with van der Waals surface area (Å²) >= 11 is 3.75. The van der Waals surface area contributed by atoms with Crippen LogP contribution in [-0.2, 0) is 0 Å². The fourth-order valence-corrected chi connectivity index (χ4v) is 10.3. The molecule has 11 rings (SSSR count). The molecule has 47 heavy (non-hydrogen) atoms. The molecule has 0 N–H and O–H groups in total. The zero-order chi connectivity index (χ0) is 30.6. The number of furan rings is 1. The van der Waals surface area contributed by atoms with Crippen LogP contribution in [0.2, 0.25) is 0 Å². The van der Waals surface area contributed by atoms with Crippen LogP contribution < -0.4 is 0 Å². The summed E-state index contributed by atoms with van der Waals surface area (Å²) in [5.74, 6) is 0. The van der Waals surface area contributed by atoms with Crippen LogP contribution in [0.4, 0.5) is 0 Å². The highest BCUT2D eigenvalue weighted by Crippen LogP contribution is 2.48. The SMILES string of the molecule is c1ccc2c(c1)sc1c(-c3cc4oc5cc(-c6cccc7c6sc6ccccc67)c6ccccc6c5c4c4ccccc34)cccc12. The summed E-state index contributed by atoms with van der Waals surface area (Å²) in [4.78, 5) is 0. The summed E-state index contributed by atoms with van der Waals surface area (Å²) < 4.78 is 12.2. The normalized spacial score (nSPS) is 12.3. The van der Waals surface area contributed by atoms with E-state index in [1.807, 2.05) is 22.7 Å². The zero-order valence-corrected chi connectivity index (χ0v) is 26.7. The number of hydrogen-bond donors (Lipinski definition) is 0. The van der Waals surface area contributed by atoms with Gasteiger partial charge in [0.2, 0.25) is 0 Å². The Morgan fingerprint density at radius 1 is 0.319 bits per heavy atom. The summed E-state index contributed by atoms with van der Waals surface area (Å²) in [5.41, 5.74) is 6.78. The molecule has 11 aromatic rings. The Labute approximate surface area is 277 Å². The van der Waals surface area contributed by atoms with Gasteiger partial charge in [-0.25, -0.2) is 0 Å². The molecule has 3 heterocycles. The molecule has 1 nitrogen and oxygen atoms in total. The molecule has 218 valence electrons. The van der Waals surface area contributed by atoms with Gasteiger partial charge in [0.05, 0.1) is 0 Å². The minimum Gasteiger partial charge on any atom is -0.456 e. The lowest BCUT2D eigenvalue weighted by molar-refractivity contribution is 0.670. The number of thiophene rings is 2. The number of hydrogen-bond acceptors (Lipinski definition) is 3. The van der Waals surface area contributed by atoms with Crippen LogP contribution in [0.5, 0.6) is 0 Å². The molecule has 0 amide bonds. The van der Waals surface area contributed by atoms with Gasteiger partial charge in [-0.2, -0.15) is 0 Å². The lowest BCUT2D eigenvalue weighted by Gasteiger charge is -2.11. The molecule has 0 bridgehead atoms. The van der Waals surface area contributed by atoms with Gasteiger partial charge in [-0.3, -0.25) is 0 Å². The molecular weight excluding hydrogens is 609 g/mol. The second-order valence-electron chi connectivity index (χ2n) is 12.3. The van der Waals surface area contributed by atoms with Gasteiger partial charge in [0.15, 0.2) is 0 Å². The molecule has 0 atom stereocenters. The first kappa shape index (κ1) is 25.7. The third-order valence-corrected chi connectivity index (χ3v) is 12.3. The van der Waals surface area contributed by atoms with Crippen LogP contribution in [0, 0.1) is 0 Å². The monoisotopic (exact) mass is 632 g/mol. The van der Waals surface area contributed by atoms with E-state index in [0.29, 0.717) is 0 Å². The maximum Gasteiger partial charge on any atom is 0.136 e. The van der Waals surface area contributed by atoms with E-state index < -0.39 is 0 Å². The van der Waals surface area contributed by atoms with E-state index >= 15 is 0 Å². The first-order valence-corrected chi connectivity index (χ1v) is 17.6. The lowest BCUT2D eigenvalue weighted by Crippen LogP contribution is -1.85. The third kappa shape index (κ3) is 3.53. The Balaban J connectivity index is 1.25. The van der Waals surface area contributed by atoms with Crippen molar-refractivity contribution in [2.75, 3.05) is 0 Å². The Bertz CT molecular complexity index is 2870. The molecule has 0 saturated heterocycles. The lowest BCUT2D eigenvalue weighted by atomic mass is 9.91. The molecule has 0 radical (unpaired) electrons. The van der Waals surface area contributed by atoms with E-state index in [0.717, 1.165) is 11.2 Å². The van der Waals surface area contributed by atoms with Crippen LogP contribution in [0.15, 0.2) is 150 Å². The summed E-state index contributed by atoms with van der Waals surface area (Å²) in [6.45, 7) is 0. The van der Waals surface area contributed by atoms with Crippen LogP contribution in [-0.4, -0.2) is 0 Å². The van der Waals surface area contributed by atoms with Crippen LogP contribution in [0.25, 0.3) is 106 Å². The van der Waals surface area contributed by atoms with Gasteiger partial charge in [0.1, 0.15) is 11.2 Å². The Morgan fingerprint density at radius 3 is 1.17 bits per heavy atom. The predicted molar refractivity (Wildman–Crippen MR) is 205 cm³/mol. The highest BCUT2D eigenvalue weighted by atomic mass is 32.1. The highest BCUT2D eigenvalue weighted by Gasteiger charge is 2.21. The molecule has 0 aliphatic rings. The van der Waals surface area contributed by atoms with Crippen LogP contribution in [0.1, 0.15) is 0 Å². The van der Waals surface area contributed by atoms with Crippen molar-refractivity contribution in [2.24, 2.45) is 0 Å². The fourth-order valence-electron chi connectivity index (χ4n) is 7.86. The second kappa shape index (κ2) is 9.52. The Kier molecular flexibility index (Phi) is 5.20. The summed E-state index contributed by atoms with van der Waals surface area (Å²) in [5, 5.41) is 12.6. The second-order valence-corrected chi connectivity index (χ2v) is 14.5. The van der Waals surface area contributed by atoms with Crippen LogP contribution >= 0.6 is 22.7 Å². The third-order valence-electron chi connectivity index (χ3n) is 9.88. The Hall–Kier alpha value is -5.48. The molecule has 0 aliphatic heterocycles. The van der Waals surface area contributed by atoms with E-state index in [4.69, 9.17) is 4.42 Å². The van der Waals surface area contributed by atoms with E-state index in [-0.39, 0.29) is 0 Å². The van der Waals surface area contributed by atoms with E-state index in [9.17, 15) is 0 Å². The quantitative estimate of drug-likeness (QED) is 0.185. The smallest absolute Gasteiger partial charge is 0.136 e. The Morgan fingerprint density at radius 2 is 0.702 bits per heavy atom. The van der Waals surface area contributed by atoms with Crippen LogP contribution in [0.3, 0.4) is 0 Å². The fraction of sp³-hybridized carbons (Fsp3) is 0. The standard InChI is InChI=1S/C44H24OS2/c1-3-15-29-25(11-1)35(33-19-9-17-31-27-13-5-7-21-39(27)46-43(31)33)23-37-41(29)42-30-16-4-2-12-26(30)36(24-38(42)45-37)34-20-10-18-32-28-14-6-8-22-40(28)47-44(32)34/h1-24H. The molecule has 8 aromatic carbocycles. The molecule has 0 fully saturated rings. The number of benzene rings is 8. The van der Waals surface area contributed by atoms with Crippen molar-refractivity contribution in [3.05, 3.63) is 146 Å². The minimum absolute atomic E-state index is 0.925. The first-order chi connectivity index (χ1) is 23.3. The number of fused-ring (bicyclic) bond motifs is 13. The summed E-state index contributed by atoms with van der Waals surface area (Å²) in [6, 6.07) is 53.2. The molecule has 0 aliphatic carbocycles. The molecule has 3 aromatic heterocycles. The van der Waals surface area contributed by atoms with Gasteiger partial charge in [-0.15, -0.1) is 22.7 Å². The van der Waals surface area contributed by atoms with Gasteiger partial charge in [-0.05, 0) is 56.9 Å².